The summed E-state index contributed by atoms with van der Waals surface area (Å²) in [5.41, 5.74) is 1.39. The van der Waals surface area contributed by atoms with Gasteiger partial charge in [0.05, 0.1) is 12.0 Å². The number of nitrogens with one attached hydrogen (secondary N) is 1. The van der Waals surface area contributed by atoms with Crippen molar-refractivity contribution >= 4 is 28.5 Å². The van der Waals surface area contributed by atoms with Crippen molar-refractivity contribution in [2.45, 2.75) is 40.5 Å². The Bertz CT molecular complexity index is 1100. The van der Waals surface area contributed by atoms with Gasteiger partial charge in [0.1, 0.15) is 0 Å². The maximum absolute atomic E-state index is 11.9. The number of fused-ring (bicyclic) bond motifs is 1. The molecule has 7 heteroatoms. The molecule has 31 heavy (non-hydrogen) atoms. The first kappa shape index (κ1) is 24.3. The number of halogens is 1. The first-order valence-electron chi connectivity index (χ1n) is 10.1. The lowest BCUT2D eigenvalue weighted by molar-refractivity contribution is -0.120. The predicted octanol–water partition coefficient (Wildman–Crippen LogP) is 4.73. The monoisotopic (exact) mass is 445 g/mol. The molecule has 3 rings (SSSR count). The van der Waals surface area contributed by atoms with Crippen LogP contribution in [0.1, 0.15) is 37.5 Å². The number of aromatic hydroxyl groups is 2. The largest absolute Gasteiger partial charge is 0.504 e. The van der Waals surface area contributed by atoms with Crippen LogP contribution in [0.2, 0.25) is 5.02 Å². The summed E-state index contributed by atoms with van der Waals surface area (Å²) in [6, 6.07) is 10.9. The number of hydrogen-bond acceptors (Lipinski definition) is 5. The number of amides is 1. The Morgan fingerprint density at radius 2 is 1.77 bits per heavy atom. The van der Waals surface area contributed by atoms with E-state index in [2.05, 4.69) is 31.3 Å². The molecule has 0 unspecified atom stereocenters. The number of aryl methyl sites for hydroxylation is 1. The summed E-state index contributed by atoms with van der Waals surface area (Å²) in [5, 5.41) is 23.0. The summed E-state index contributed by atoms with van der Waals surface area (Å²) in [7, 11) is 0. The van der Waals surface area contributed by atoms with Gasteiger partial charge in [0.2, 0.25) is 11.7 Å². The van der Waals surface area contributed by atoms with Crippen molar-refractivity contribution in [1.29, 1.82) is 0 Å². The molecule has 2 aromatic carbocycles. The maximum atomic E-state index is 11.9. The average Bonchev–Trinajstić information content (AvgIpc) is 2.70. The van der Waals surface area contributed by atoms with E-state index in [1.807, 2.05) is 12.1 Å². The molecule has 3 N–H and O–H groups in total. The zero-order valence-corrected chi connectivity index (χ0v) is 18.9. The fourth-order valence-electron chi connectivity index (χ4n) is 3.15. The fraction of sp³-hybridized carbons (Fsp3) is 0.333. The van der Waals surface area contributed by atoms with E-state index in [0.29, 0.717) is 17.5 Å². The smallest absolute Gasteiger partial charge is 0.340 e. The van der Waals surface area contributed by atoms with Gasteiger partial charge in [-0.2, -0.15) is 0 Å². The van der Waals surface area contributed by atoms with Crippen molar-refractivity contribution in [3.05, 3.63) is 68.5 Å². The number of hydrogen-bond donors (Lipinski definition) is 3. The molecule has 1 heterocycles. The Kier molecular flexibility index (Phi) is 8.51. The standard InChI is InChI=1S/C14H15NO5.C10H13Cl/c1-3-15-11(17)6-9-7(2)8-4-5-10(16)12(18)13(8)20-14(9)19;1-8(2)7-9-3-5-10(11)6-4-9/h4-5,16,18H,3,6H2,1-2H3,(H,15,17);3-6,8H,7H2,1-2H3. The van der Waals surface area contributed by atoms with Crippen molar-refractivity contribution in [3.8, 4) is 11.5 Å². The van der Waals surface area contributed by atoms with Crippen LogP contribution in [0.5, 0.6) is 11.5 Å². The zero-order valence-electron chi connectivity index (χ0n) is 18.2. The predicted molar refractivity (Wildman–Crippen MR) is 123 cm³/mol. The van der Waals surface area contributed by atoms with Crippen molar-refractivity contribution < 1.29 is 19.4 Å². The third kappa shape index (κ3) is 6.49. The molecule has 0 bridgehead atoms. The summed E-state index contributed by atoms with van der Waals surface area (Å²) in [6.07, 6.45) is 1.05. The Hall–Kier alpha value is -2.99. The number of phenolic OH excluding ortho intramolecular Hbond substituents is 2. The second-order valence-corrected chi connectivity index (χ2v) is 8.09. The van der Waals surface area contributed by atoms with Crippen LogP contribution in [-0.2, 0) is 17.6 Å². The number of carbonyl (C=O) groups excluding carboxylic acids is 1. The van der Waals surface area contributed by atoms with Gasteiger partial charge in [-0.3, -0.25) is 4.79 Å². The quantitative estimate of drug-likeness (QED) is 0.389. The number of rotatable bonds is 5. The Labute approximate surface area is 186 Å². The van der Waals surface area contributed by atoms with Gasteiger partial charge in [0, 0.05) is 17.0 Å². The van der Waals surface area contributed by atoms with Crippen LogP contribution in [0.4, 0.5) is 0 Å². The highest BCUT2D eigenvalue weighted by atomic mass is 35.5. The van der Waals surface area contributed by atoms with E-state index in [1.54, 1.807) is 13.8 Å². The van der Waals surface area contributed by atoms with E-state index in [0.717, 1.165) is 17.4 Å². The second kappa shape index (κ2) is 10.9. The molecule has 0 aliphatic carbocycles. The molecule has 0 radical (unpaired) electrons. The summed E-state index contributed by atoms with van der Waals surface area (Å²) in [4.78, 5) is 23.5. The highest BCUT2D eigenvalue weighted by molar-refractivity contribution is 6.30. The van der Waals surface area contributed by atoms with Crippen molar-refractivity contribution in [2.24, 2.45) is 5.92 Å². The third-order valence-corrected chi connectivity index (χ3v) is 4.93. The van der Waals surface area contributed by atoms with Crippen molar-refractivity contribution in [2.75, 3.05) is 6.54 Å². The highest BCUT2D eigenvalue weighted by Gasteiger charge is 2.17. The number of likely N-dealkylation sites (N-methyl/N-ethyl adjacent to an activating group) is 1. The molecule has 0 fully saturated rings. The van der Waals surface area contributed by atoms with Gasteiger partial charge >= 0.3 is 5.63 Å². The SMILES string of the molecule is CC(C)Cc1ccc(Cl)cc1.CCNC(=O)Cc1c(C)c2ccc(O)c(O)c2oc1=O. The van der Waals surface area contributed by atoms with Gasteiger partial charge in [-0.05, 0) is 61.6 Å². The molecule has 6 nitrogen and oxygen atoms in total. The topological polar surface area (TPSA) is 99.8 Å². The molecule has 0 aliphatic rings. The summed E-state index contributed by atoms with van der Waals surface area (Å²) >= 11 is 5.75. The van der Waals surface area contributed by atoms with Crippen LogP contribution in [0.15, 0.2) is 45.6 Å². The minimum Gasteiger partial charge on any atom is -0.504 e. The molecular formula is C24H28ClNO5. The van der Waals surface area contributed by atoms with Crippen LogP contribution in [0, 0.1) is 12.8 Å². The van der Waals surface area contributed by atoms with Gasteiger partial charge in [-0.15, -0.1) is 0 Å². The molecule has 0 atom stereocenters. The minimum absolute atomic E-state index is 0.0767. The number of carbonyl (C=O) groups is 1. The molecule has 3 aromatic rings. The third-order valence-electron chi connectivity index (χ3n) is 4.68. The summed E-state index contributed by atoms with van der Waals surface area (Å²) < 4.78 is 5.02. The maximum Gasteiger partial charge on any atom is 0.340 e. The van der Waals surface area contributed by atoms with Gasteiger partial charge in [0.25, 0.3) is 0 Å². The van der Waals surface area contributed by atoms with E-state index >= 15 is 0 Å². The van der Waals surface area contributed by atoms with Crippen LogP contribution >= 0.6 is 11.6 Å². The zero-order chi connectivity index (χ0) is 23.1. The normalized spacial score (nSPS) is 10.6. The Morgan fingerprint density at radius 1 is 1.13 bits per heavy atom. The number of benzene rings is 2. The summed E-state index contributed by atoms with van der Waals surface area (Å²) in [5.74, 6) is -0.398. The first-order valence-corrected chi connectivity index (χ1v) is 10.5. The lowest BCUT2D eigenvalue weighted by atomic mass is 10.0. The van der Waals surface area contributed by atoms with Crippen LogP contribution in [0.25, 0.3) is 11.0 Å². The van der Waals surface area contributed by atoms with E-state index in [4.69, 9.17) is 16.0 Å². The Morgan fingerprint density at radius 3 is 2.35 bits per heavy atom. The molecule has 0 saturated heterocycles. The van der Waals surface area contributed by atoms with Gasteiger partial charge in [-0.1, -0.05) is 37.6 Å². The lowest BCUT2D eigenvalue weighted by Crippen LogP contribution is -2.27. The fourth-order valence-corrected chi connectivity index (χ4v) is 3.27. The average molecular weight is 446 g/mol. The highest BCUT2D eigenvalue weighted by Crippen LogP contribution is 2.34. The molecule has 0 saturated carbocycles. The van der Waals surface area contributed by atoms with E-state index in [1.165, 1.54) is 17.7 Å². The van der Waals surface area contributed by atoms with E-state index in [-0.39, 0.29) is 29.2 Å². The first-order chi connectivity index (χ1) is 14.6. The molecule has 0 aliphatic heterocycles. The van der Waals surface area contributed by atoms with E-state index in [9.17, 15) is 19.8 Å². The molecule has 0 spiro atoms. The number of phenols is 2. The van der Waals surface area contributed by atoms with Gasteiger partial charge < -0.3 is 19.9 Å². The summed E-state index contributed by atoms with van der Waals surface area (Å²) in [6.45, 7) is 8.37. The Balaban J connectivity index is 0.000000262. The van der Waals surface area contributed by atoms with Crippen molar-refractivity contribution in [3.63, 3.8) is 0 Å². The molecule has 1 amide bonds. The van der Waals surface area contributed by atoms with Crippen LogP contribution in [-0.4, -0.2) is 22.7 Å². The van der Waals surface area contributed by atoms with Gasteiger partial charge in [0.15, 0.2) is 11.3 Å². The van der Waals surface area contributed by atoms with Crippen molar-refractivity contribution in [1.82, 2.24) is 5.32 Å². The van der Waals surface area contributed by atoms with Gasteiger partial charge in [-0.25, -0.2) is 4.79 Å². The molecule has 1 aromatic heterocycles. The molecular weight excluding hydrogens is 418 g/mol. The second-order valence-electron chi connectivity index (χ2n) is 7.66. The lowest BCUT2D eigenvalue weighted by Gasteiger charge is -2.09. The van der Waals surface area contributed by atoms with Crippen LogP contribution < -0.4 is 10.9 Å². The molecule has 166 valence electrons. The minimum atomic E-state index is -0.692. The van der Waals surface area contributed by atoms with E-state index < -0.39 is 11.4 Å². The van der Waals surface area contributed by atoms with Crippen LogP contribution in [0.3, 0.4) is 0 Å².